The Bertz CT molecular complexity index is 392. The number of aliphatic carboxylic acids is 1. The molecule has 0 aliphatic carbocycles. The van der Waals surface area contributed by atoms with Gasteiger partial charge in [0.1, 0.15) is 13.3 Å². The Morgan fingerprint density at radius 2 is 2.18 bits per heavy atom. The van der Waals surface area contributed by atoms with E-state index in [9.17, 15) is 9.18 Å². The summed E-state index contributed by atoms with van der Waals surface area (Å²) < 4.78 is 22.2. The fourth-order valence-corrected chi connectivity index (χ4v) is 1.36. The van der Waals surface area contributed by atoms with Crippen LogP contribution in [0.4, 0.5) is 4.39 Å². The Labute approximate surface area is 99.0 Å². The Morgan fingerprint density at radius 3 is 2.71 bits per heavy atom. The quantitative estimate of drug-likeness (QED) is 0.831. The molecule has 1 aromatic carbocycles. The Hall–Kier alpha value is -1.78. The van der Waals surface area contributed by atoms with Gasteiger partial charge in [0.15, 0.2) is 11.5 Å². The summed E-state index contributed by atoms with van der Waals surface area (Å²) in [5, 5.41) is 8.89. The maximum absolute atomic E-state index is 12.0. The number of rotatable bonds is 6. The third-order valence-corrected chi connectivity index (χ3v) is 2.39. The van der Waals surface area contributed by atoms with Crippen LogP contribution in [0.2, 0.25) is 0 Å². The SMILES string of the molecule is COc1cc(C(C)C(=O)O)ccc1OCCF. The summed E-state index contributed by atoms with van der Waals surface area (Å²) in [4.78, 5) is 10.8. The predicted octanol–water partition coefficient (Wildman–Crippen LogP) is 2.23. The van der Waals surface area contributed by atoms with Crippen molar-refractivity contribution in [2.75, 3.05) is 20.4 Å². The van der Waals surface area contributed by atoms with Crippen LogP contribution >= 0.6 is 0 Å². The number of carboxylic acids is 1. The van der Waals surface area contributed by atoms with Gasteiger partial charge >= 0.3 is 5.97 Å². The second-order valence-corrected chi connectivity index (χ2v) is 3.51. The molecule has 0 spiro atoms. The van der Waals surface area contributed by atoms with E-state index in [0.29, 0.717) is 17.1 Å². The third-order valence-electron chi connectivity index (χ3n) is 2.39. The lowest BCUT2D eigenvalue weighted by molar-refractivity contribution is -0.138. The molecular formula is C12H15FO4. The highest BCUT2D eigenvalue weighted by Crippen LogP contribution is 2.30. The Kier molecular flexibility index (Phi) is 4.75. The van der Waals surface area contributed by atoms with Crippen LogP contribution in [-0.2, 0) is 4.79 Å². The van der Waals surface area contributed by atoms with E-state index in [2.05, 4.69) is 0 Å². The van der Waals surface area contributed by atoms with Gasteiger partial charge in [0, 0.05) is 0 Å². The van der Waals surface area contributed by atoms with E-state index in [1.54, 1.807) is 25.1 Å². The highest BCUT2D eigenvalue weighted by molar-refractivity contribution is 5.75. The molecule has 0 aliphatic rings. The number of hydrogen-bond acceptors (Lipinski definition) is 3. The van der Waals surface area contributed by atoms with Crippen molar-refractivity contribution in [2.24, 2.45) is 0 Å². The molecule has 0 aliphatic heterocycles. The average molecular weight is 242 g/mol. The lowest BCUT2D eigenvalue weighted by atomic mass is 10.0. The van der Waals surface area contributed by atoms with Crippen molar-refractivity contribution in [1.82, 2.24) is 0 Å². The van der Waals surface area contributed by atoms with Crippen molar-refractivity contribution in [1.29, 1.82) is 0 Å². The van der Waals surface area contributed by atoms with Gasteiger partial charge in [0.25, 0.3) is 0 Å². The minimum Gasteiger partial charge on any atom is -0.493 e. The average Bonchev–Trinajstić information content (AvgIpc) is 2.35. The fourth-order valence-electron chi connectivity index (χ4n) is 1.36. The lowest BCUT2D eigenvalue weighted by Crippen LogP contribution is -2.08. The minimum absolute atomic E-state index is 0.0514. The van der Waals surface area contributed by atoms with Crippen molar-refractivity contribution in [2.45, 2.75) is 12.8 Å². The first-order valence-electron chi connectivity index (χ1n) is 5.19. The number of alkyl halides is 1. The number of ether oxygens (including phenoxy) is 2. The molecule has 0 saturated heterocycles. The van der Waals surface area contributed by atoms with Crippen molar-refractivity contribution in [3.63, 3.8) is 0 Å². The van der Waals surface area contributed by atoms with Crippen LogP contribution in [0, 0.1) is 0 Å². The molecule has 1 atom stereocenters. The van der Waals surface area contributed by atoms with Gasteiger partial charge in [-0.1, -0.05) is 6.07 Å². The second kappa shape index (κ2) is 6.08. The number of halogens is 1. The molecule has 0 saturated carbocycles. The molecule has 1 unspecified atom stereocenters. The molecule has 0 bridgehead atoms. The number of hydrogen-bond donors (Lipinski definition) is 1. The topological polar surface area (TPSA) is 55.8 Å². The normalized spacial score (nSPS) is 11.9. The molecule has 0 fully saturated rings. The number of carbonyl (C=O) groups is 1. The van der Waals surface area contributed by atoms with E-state index in [0.717, 1.165) is 0 Å². The summed E-state index contributed by atoms with van der Waals surface area (Å²) in [5.74, 6) is -0.723. The molecule has 1 rings (SSSR count). The second-order valence-electron chi connectivity index (χ2n) is 3.51. The summed E-state index contributed by atoms with van der Waals surface area (Å²) in [6.45, 7) is 0.944. The molecular weight excluding hydrogens is 227 g/mol. The van der Waals surface area contributed by atoms with Crippen LogP contribution in [0.25, 0.3) is 0 Å². The van der Waals surface area contributed by atoms with Crippen LogP contribution in [0.15, 0.2) is 18.2 Å². The van der Waals surface area contributed by atoms with Gasteiger partial charge in [-0.2, -0.15) is 0 Å². The van der Waals surface area contributed by atoms with E-state index < -0.39 is 18.6 Å². The molecule has 4 nitrogen and oxygen atoms in total. The molecule has 1 N–H and O–H groups in total. The smallest absolute Gasteiger partial charge is 0.310 e. The van der Waals surface area contributed by atoms with Crippen LogP contribution in [0.5, 0.6) is 11.5 Å². The summed E-state index contributed by atoms with van der Waals surface area (Å²) >= 11 is 0. The minimum atomic E-state index is -0.913. The van der Waals surface area contributed by atoms with Crippen LogP contribution < -0.4 is 9.47 Å². The van der Waals surface area contributed by atoms with E-state index in [-0.39, 0.29) is 6.61 Å². The third kappa shape index (κ3) is 3.34. The summed E-state index contributed by atoms with van der Waals surface area (Å²) in [6, 6.07) is 4.81. The molecule has 17 heavy (non-hydrogen) atoms. The Balaban J connectivity index is 2.95. The molecule has 5 heteroatoms. The standard InChI is InChI=1S/C12H15FO4/c1-8(12(14)15)9-3-4-10(17-6-5-13)11(7-9)16-2/h3-4,7-8H,5-6H2,1-2H3,(H,14,15). The number of carboxylic acid groups (broad SMARTS) is 1. The van der Waals surface area contributed by atoms with Crippen molar-refractivity contribution in [3.8, 4) is 11.5 Å². The molecule has 0 amide bonds. The Morgan fingerprint density at radius 1 is 1.47 bits per heavy atom. The van der Waals surface area contributed by atoms with Gasteiger partial charge < -0.3 is 14.6 Å². The first-order chi connectivity index (χ1) is 8.10. The molecule has 1 aromatic rings. The maximum Gasteiger partial charge on any atom is 0.310 e. The maximum atomic E-state index is 12.0. The van der Waals surface area contributed by atoms with Gasteiger partial charge in [-0.25, -0.2) is 4.39 Å². The van der Waals surface area contributed by atoms with Gasteiger partial charge in [-0.15, -0.1) is 0 Å². The fraction of sp³-hybridized carbons (Fsp3) is 0.417. The molecule has 0 radical (unpaired) electrons. The van der Waals surface area contributed by atoms with Gasteiger partial charge in [0.05, 0.1) is 13.0 Å². The van der Waals surface area contributed by atoms with E-state index in [4.69, 9.17) is 14.6 Å². The van der Waals surface area contributed by atoms with Gasteiger partial charge in [0.2, 0.25) is 0 Å². The zero-order valence-corrected chi connectivity index (χ0v) is 9.77. The van der Waals surface area contributed by atoms with E-state index >= 15 is 0 Å². The lowest BCUT2D eigenvalue weighted by Gasteiger charge is -2.13. The van der Waals surface area contributed by atoms with Gasteiger partial charge in [-0.05, 0) is 24.6 Å². The summed E-state index contributed by atoms with van der Waals surface area (Å²) in [7, 11) is 1.45. The summed E-state index contributed by atoms with van der Waals surface area (Å²) in [5.41, 5.74) is 0.613. The van der Waals surface area contributed by atoms with Crippen LogP contribution in [-0.4, -0.2) is 31.5 Å². The first-order valence-corrected chi connectivity index (χ1v) is 5.19. The number of benzene rings is 1. The molecule has 0 aromatic heterocycles. The first kappa shape index (κ1) is 13.3. The van der Waals surface area contributed by atoms with Crippen molar-refractivity contribution < 1.29 is 23.8 Å². The van der Waals surface area contributed by atoms with Crippen LogP contribution in [0.1, 0.15) is 18.4 Å². The monoisotopic (exact) mass is 242 g/mol. The van der Waals surface area contributed by atoms with Gasteiger partial charge in [-0.3, -0.25) is 4.79 Å². The van der Waals surface area contributed by atoms with E-state index in [1.807, 2.05) is 0 Å². The number of methoxy groups -OCH3 is 1. The highest BCUT2D eigenvalue weighted by atomic mass is 19.1. The molecule has 94 valence electrons. The highest BCUT2D eigenvalue weighted by Gasteiger charge is 2.16. The van der Waals surface area contributed by atoms with E-state index in [1.165, 1.54) is 7.11 Å². The zero-order valence-electron chi connectivity index (χ0n) is 9.77. The van der Waals surface area contributed by atoms with Crippen LogP contribution in [0.3, 0.4) is 0 Å². The van der Waals surface area contributed by atoms with Crippen molar-refractivity contribution in [3.05, 3.63) is 23.8 Å². The zero-order chi connectivity index (χ0) is 12.8. The van der Waals surface area contributed by atoms with Crippen molar-refractivity contribution >= 4 is 5.97 Å². The predicted molar refractivity (Wildman–Crippen MR) is 60.5 cm³/mol. The molecule has 0 heterocycles. The largest absolute Gasteiger partial charge is 0.493 e. The summed E-state index contributed by atoms with van der Waals surface area (Å²) in [6.07, 6.45) is 0.